The van der Waals surface area contributed by atoms with E-state index in [1.165, 1.54) is 452 Å². The normalized spacial score (nSPS) is 12.7. The van der Waals surface area contributed by atoms with Gasteiger partial charge in [0.25, 0.3) is 0 Å². The highest BCUT2D eigenvalue weighted by Crippen LogP contribution is 2.22. The van der Waals surface area contributed by atoms with E-state index in [1.54, 1.807) is 0 Å². The van der Waals surface area contributed by atoms with Crippen LogP contribution in [0.2, 0.25) is 0 Å². The van der Waals surface area contributed by atoms with E-state index in [-0.39, 0.29) is 129 Å². The molecule has 150 heavy (non-hydrogen) atoms. The SMILES string of the molecule is CC(O)CO.CC(O)CO.CC(O)CO.CC(O)CO.CC(O)CO.CCCCCCCCCCCCCCCCCC(=O)OCC(O)CO.CCCCCCCCCCCCCCCCCC(=O)OCC(O)CO.CCCCCCCCCCCCCCCCCC(=O)OCC(O)CO.CCCCCCCCCCCCCCCCCC(=O)OCC(O)CO.CCCCCCCCCCCCCCCCCC(=O)OCC(O)CO. The number of carbonyl (C=O) groups is 5. The summed E-state index contributed by atoms with van der Waals surface area (Å²) < 4.78 is 24.3. The van der Waals surface area contributed by atoms with E-state index in [2.05, 4.69) is 34.6 Å². The molecule has 10 atom stereocenters. The zero-order valence-electron chi connectivity index (χ0n) is 98.5. The Morgan fingerprint density at radius 2 is 0.213 bits per heavy atom. The Morgan fingerprint density at radius 3 is 0.280 bits per heavy atom. The minimum absolute atomic E-state index is 0.103. The Balaban J connectivity index is -0.000000192. The van der Waals surface area contributed by atoms with Gasteiger partial charge in [0.1, 0.15) is 63.6 Å². The van der Waals surface area contributed by atoms with Crippen molar-refractivity contribution in [3.05, 3.63) is 0 Å². The number of hydrogen-bond donors (Lipinski definition) is 20. The summed E-state index contributed by atoms with van der Waals surface area (Å²) in [5, 5.41) is 169. The van der Waals surface area contributed by atoms with Crippen LogP contribution < -0.4 is 0 Å². The molecular formula is C120H250O30. The number of hydrogen-bond acceptors (Lipinski definition) is 30. The van der Waals surface area contributed by atoms with Crippen LogP contribution in [0.5, 0.6) is 0 Å². The molecule has 0 aromatic carbocycles. The minimum Gasteiger partial charge on any atom is -0.463 e. The first-order chi connectivity index (χ1) is 72.4. The summed E-state index contributed by atoms with van der Waals surface area (Å²) >= 11 is 0. The molecule has 10 unspecified atom stereocenters. The van der Waals surface area contributed by atoms with Gasteiger partial charge in [-0.05, 0) is 66.7 Å². The highest BCUT2D eigenvalue weighted by Gasteiger charge is 2.14. The van der Waals surface area contributed by atoms with Gasteiger partial charge in [0.05, 0.1) is 96.6 Å². The highest BCUT2D eigenvalue weighted by molar-refractivity contribution is 5.70. The topological polar surface area (TPSA) is 536 Å². The molecule has 0 saturated carbocycles. The Labute approximate surface area is 917 Å². The van der Waals surface area contributed by atoms with Gasteiger partial charge in [-0.2, -0.15) is 0 Å². The van der Waals surface area contributed by atoms with Gasteiger partial charge in [-0.25, -0.2) is 0 Å². The fourth-order valence-electron chi connectivity index (χ4n) is 14.8. The molecule has 910 valence electrons. The van der Waals surface area contributed by atoms with Gasteiger partial charge < -0.3 is 126 Å². The van der Waals surface area contributed by atoms with Gasteiger partial charge >= 0.3 is 29.8 Å². The first-order valence-corrected chi connectivity index (χ1v) is 61.0. The molecule has 30 nitrogen and oxygen atoms in total. The van der Waals surface area contributed by atoms with Crippen LogP contribution in [0.1, 0.15) is 583 Å². The van der Waals surface area contributed by atoms with Crippen LogP contribution in [0.15, 0.2) is 0 Å². The second-order valence-corrected chi connectivity index (χ2v) is 41.3. The monoisotopic (exact) mass is 2170 g/mol. The molecule has 0 aliphatic heterocycles. The lowest BCUT2D eigenvalue weighted by Gasteiger charge is -2.08. The largest absolute Gasteiger partial charge is 0.463 e. The summed E-state index contributed by atoms with van der Waals surface area (Å²) in [4.78, 5) is 56.9. The molecule has 0 saturated heterocycles. The second-order valence-electron chi connectivity index (χ2n) is 41.3. The van der Waals surface area contributed by atoms with Crippen LogP contribution in [0.4, 0.5) is 0 Å². The van der Waals surface area contributed by atoms with Crippen LogP contribution in [0, 0.1) is 0 Å². The standard InChI is InChI=1S/5C21H42O4.5C3H8O2/c5*1-2-3-4-5-6-7-8-9-10-11-12-13-14-15-16-17-21(24)25-19-20(23)18-22;5*1-3(5)2-4/h5*20,22-23H,2-19H2,1H3;5*3-5H,2H2,1H3. The molecule has 0 spiro atoms. The predicted octanol–water partition coefficient (Wildman–Crippen LogP) is 22.5. The van der Waals surface area contributed by atoms with Crippen molar-refractivity contribution in [3.8, 4) is 0 Å². The molecule has 0 aliphatic rings. The Hall–Kier alpha value is -3.45. The maximum atomic E-state index is 11.4. The van der Waals surface area contributed by atoms with E-state index >= 15 is 0 Å². The number of unbranched alkanes of at least 4 members (excludes halogenated alkanes) is 70. The van der Waals surface area contributed by atoms with Crippen LogP contribution in [0.3, 0.4) is 0 Å². The van der Waals surface area contributed by atoms with Crippen molar-refractivity contribution in [1.29, 1.82) is 0 Å². The number of aliphatic hydroxyl groups excluding tert-OH is 20. The lowest BCUT2D eigenvalue weighted by atomic mass is 10.0. The van der Waals surface area contributed by atoms with E-state index in [1.807, 2.05) is 0 Å². The predicted molar refractivity (Wildman–Crippen MR) is 612 cm³/mol. The van der Waals surface area contributed by atoms with Crippen LogP contribution >= 0.6 is 0 Å². The fraction of sp³-hybridized carbons (Fsp3) is 0.958. The third kappa shape index (κ3) is 186. The van der Waals surface area contributed by atoms with Gasteiger partial charge in [0, 0.05) is 32.1 Å². The Morgan fingerprint density at radius 1 is 0.140 bits per heavy atom. The molecule has 0 heterocycles. The highest BCUT2D eigenvalue weighted by atomic mass is 16.6. The smallest absolute Gasteiger partial charge is 0.305 e. The first kappa shape index (κ1) is 167. The fourth-order valence-corrected chi connectivity index (χ4v) is 14.8. The first-order valence-electron chi connectivity index (χ1n) is 61.0. The van der Waals surface area contributed by atoms with Gasteiger partial charge in [-0.1, -0.05) is 484 Å². The maximum Gasteiger partial charge on any atom is 0.305 e. The van der Waals surface area contributed by atoms with E-state index in [0.29, 0.717) is 32.1 Å². The summed E-state index contributed by atoms with van der Waals surface area (Å²) in [6, 6.07) is 0. The molecule has 0 aliphatic carbocycles. The second kappa shape index (κ2) is 152. The molecule has 0 bridgehead atoms. The number of aliphatic hydroxyl groups is 20. The number of ether oxygens (including phenoxy) is 5. The molecule has 0 rings (SSSR count). The molecule has 0 fully saturated rings. The third-order valence-corrected chi connectivity index (χ3v) is 24.5. The van der Waals surface area contributed by atoms with E-state index in [0.717, 1.165) is 64.2 Å². The van der Waals surface area contributed by atoms with Crippen molar-refractivity contribution >= 4 is 29.8 Å². The van der Waals surface area contributed by atoms with Crippen molar-refractivity contribution in [1.82, 2.24) is 0 Å². The molecule has 0 aromatic heterocycles. The van der Waals surface area contributed by atoms with Gasteiger partial charge in [0.15, 0.2) is 0 Å². The summed E-state index contributed by atoms with van der Waals surface area (Å²) in [6.45, 7) is 15.9. The van der Waals surface area contributed by atoms with Crippen molar-refractivity contribution in [2.45, 2.75) is 644 Å². The molecule has 0 radical (unpaired) electrons. The van der Waals surface area contributed by atoms with Crippen molar-refractivity contribution in [2.24, 2.45) is 0 Å². The van der Waals surface area contributed by atoms with Gasteiger partial charge in [-0.3, -0.25) is 24.0 Å². The summed E-state index contributed by atoms with van der Waals surface area (Å²) in [5.41, 5.74) is 0. The summed E-state index contributed by atoms with van der Waals surface area (Å²) in [6.07, 6.45) is 92.3. The van der Waals surface area contributed by atoms with E-state index in [9.17, 15) is 24.0 Å². The lowest BCUT2D eigenvalue weighted by Crippen LogP contribution is -2.21. The van der Waals surface area contributed by atoms with E-state index in [4.69, 9.17) is 126 Å². The molecule has 0 aromatic rings. The minimum atomic E-state index is -0.954. The quantitative estimate of drug-likeness (QED) is 0.0153. The van der Waals surface area contributed by atoms with Crippen LogP contribution in [-0.2, 0) is 47.7 Å². The zero-order valence-corrected chi connectivity index (χ0v) is 98.5. The van der Waals surface area contributed by atoms with Crippen molar-refractivity contribution < 1.29 is 150 Å². The van der Waals surface area contributed by atoms with Gasteiger partial charge in [-0.15, -0.1) is 0 Å². The van der Waals surface area contributed by atoms with Crippen LogP contribution in [-0.4, -0.2) is 292 Å². The van der Waals surface area contributed by atoms with Crippen molar-refractivity contribution in [3.63, 3.8) is 0 Å². The average Bonchev–Trinajstić information content (AvgIpc) is 1.03. The molecule has 0 amide bonds. The molecule has 20 N–H and O–H groups in total. The number of esters is 5. The van der Waals surface area contributed by atoms with Crippen molar-refractivity contribution in [2.75, 3.05) is 99.1 Å². The lowest BCUT2D eigenvalue weighted by molar-refractivity contribution is -0.148. The molecule has 30 heteroatoms. The summed E-state index contributed by atoms with van der Waals surface area (Å²) in [5.74, 6) is -1.38. The zero-order chi connectivity index (χ0) is 114. The van der Waals surface area contributed by atoms with E-state index < -0.39 is 61.0 Å². The Bertz CT molecular complexity index is 2050. The number of rotatable bonds is 100. The molecular weight excluding hydrogens is 1920 g/mol. The van der Waals surface area contributed by atoms with Crippen LogP contribution in [0.25, 0.3) is 0 Å². The average molecular weight is 2170 g/mol. The summed E-state index contributed by atoms with van der Waals surface area (Å²) in [7, 11) is 0. The third-order valence-electron chi connectivity index (χ3n) is 24.5. The Kier molecular flexibility index (Phi) is 168. The van der Waals surface area contributed by atoms with Gasteiger partial charge in [0.2, 0.25) is 0 Å². The number of carbonyl (C=O) groups excluding carboxylic acids is 5. The maximum absolute atomic E-state index is 11.4.